The predicted octanol–water partition coefficient (Wildman–Crippen LogP) is 13.8. The third-order valence-electron chi connectivity index (χ3n) is 11.2. The summed E-state index contributed by atoms with van der Waals surface area (Å²) in [6.45, 7) is 4.73. The average molecular weight is 676 g/mol. The number of allylic oxidation sites excluding steroid dienone is 1. The third-order valence-corrected chi connectivity index (χ3v) is 11.2. The van der Waals surface area contributed by atoms with Crippen molar-refractivity contribution in [2.45, 2.75) is 12.3 Å². The van der Waals surface area contributed by atoms with Crippen molar-refractivity contribution in [1.82, 2.24) is 4.57 Å². The van der Waals surface area contributed by atoms with Crippen molar-refractivity contribution in [3.63, 3.8) is 0 Å². The topological polar surface area (TPSA) is 4.93 Å². The van der Waals surface area contributed by atoms with Gasteiger partial charge in [0, 0.05) is 22.4 Å². The van der Waals surface area contributed by atoms with Gasteiger partial charge in [0.05, 0.1) is 11.0 Å². The maximum atomic E-state index is 4.73. The molecule has 1 unspecified atom stereocenters. The molecule has 1 atom stereocenters. The van der Waals surface area contributed by atoms with Crippen LogP contribution in [0, 0.1) is 0 Å². The minimum atomic E-state index is 0.219. The highest BCUT2D eigenvalue weighted by Crippen LogP contribution is 2.48. The summed E-state index contributed by atoms with van der Waals surface area (Å²) in [5.74, 6) is 0.219. The Kier molecular flexibility index (Phi) is 7.51. The van der Waals surface area contributed by atoms with Gasteiger partial charge in [-0.15, -0.1) is 0 Å². The van der Waals surface area contributed by atoms with Crippen LogP contribution in [0.1, 0.15) is 22.6 Å². The van der Waals surface area contributed by atoms with Crippen LogP contribution in [0.25, 0.3) is 77.6 Å². The first-order valence-electron chi connectivity index (χ1n) is 18.5. The summed E-state index contributed by atoms with van der Waals surface area (Å²) in [7, 11) is 0. The number of nitrogens with zero attached hydrogens (tertiary/aromatic N) is 1. The first-order valence-corrected chi connectivity index (χ1v) is 18.5. The molecule has 8 aromatic carbocycles. The van der Waals surface area contributed by atoms with Crippen LogP contribution in [-0.2, 0) is 6.42 Å². The van der Waals surface area contributed by atoms with Gasteiger partial charge in [-0.3, -0.25) is 0 Å². The van der Waals surface area contributed by atoms with Gasteiger partial charge in [-0.2, -0.15) is 0 Å². The van der Waals surface area contributed by atoms with Gasteiger partial charge in [-0.1, -0.05) is 164 Å². The highest BCUT2D eigenvalue weighted by Gasteiger charge is 2.28. The average Bonchev–Trinajstić information content (AvgIpc) is 3.57. The lowest BCUT2D eigenvalue weighted by molar-refractivity contribution is 0.851. The SMILES string of the molecule is C=C1c2ccc(-c3ccc4c(c3)c3ccccc3n4-c3ccc(-c4ccccc4)cc3)cc2-c2ccccc2C1Cc1ccc(-c2ccccc2)cc1. The number of fused-ring (bicyclic) bond motifs is 6. The van der Waals surface area contributed by atoms with Crippen molar-refractivity contribution >= 4 is 27.4 Å². The number of hydrogen-bond donors (Lipinski definition) is 0. The normalized spacial score (nSPS) is 13.6. The fraction of sp³-hybridized carbons (Fsp3) is 0.0385. The fourth-order valence-corrected chi connectivity index (χ4v) is 8.45. The molecule has 250 valence electrons. The molecule has 1 heteroatoms. The van der Waals surface area contributed by atoms with E-state index in [4.69, 9.17) is 6.58 Å². The standard InChI is InChI=1S/C52H37N/c1-35-44-30-26-41(33-49(44)46-17-9-8-16-45(46)48(35)32-36-20-22-39(23-21-36)37-12-4-2-5-13-37)42-27-31-52-50(34-42)47-18-10-11-19-51(47)53(52)43-28-24-40(25-29-43)38-14-6-3-7-15-38/h2-31,33-34,48H,1,32H2. The molecule has 1 nitrogen and oxygen atoms in total. The summed E-state index contributed by atoms with van der Waals surface area (Å²) < 4.78 is 2.39. The van der Waals surface area contributed by atoms with Crippen LogP contribution in [0.4, 0.5) is 0 Å². The minimum Gasteiger partial charge on any atom is -0.309 e. The predicted molar refractivity (Wildman–Crippen MR) is 224 cm³/mol. The van der Waals surface area contributed by atoms with Crippen LogP contribution in [0.3, 0.4) is 0 Å². The van der Waals surface area contributed by atoms with Gasteiger partial charge in [0.15, 0.2) is 0 Å². The minimum absolute atomic E-state index is 0.219. The van der Waals surface area contributed by atoms with E-state index in [1.165, 1.54) is 88.6 Å². The van der Waals surface area contributed by atoms with E-state index in [1.807, 2.05) is 0 Å². The Morgan fingerprint density at radius 2 is 0.943 bits per heavy atom. The van der Waals surface area contributed by atoms with E-state index >= 15 is 0 Å². The highest BCUT2D eigenvalue weighted by molar-refractivity contribution is 6.10. The van der Waals surface area contributed by atoms with E-state index in [1.54, 1.807) is 0 Å². The first kappa shape index (κ1) is 31.1. The maximum Gasteiger partial charge on any atom is 0.0541 e. The molecule has 0 bridgehead atoms. The summed E-state index contributed by atoms with van der Waals surface area (Å²) in [4.78, 5) is 0. The third kappa shape index (κ3) is 5.41. The molecule has 1 aromatic heterocycles. The van der Waals surface area contributed by atoms with Gasteiger partial charge in [0.2, 0.25) is 0 Å². The lowest BCUT2D eigenvalue weighted by Crippen LogP contribution is -2.12. The number of benzene rings is 8. The van der Waals surface area contributed by atoms with Crippen LogP contribution in [0.5, 0.6) is 0 Å². The van der Waals surface area contributed by atoms with Crippen LogP contribution < -0.4 is 0 Å². The molecule has 10 rings (SSSR count). The molecule has 0 amide bonds. The zero-order valence-electron chi connectivity index (χ0n) is 29.4. The molecule has 1 aliphatic rings. The molecule has 0 radical (unpaired) electrons. The zero-order chi connectivity index (χ0) is 35.3. The van der Waals surface area contributed by atoms with Crippen LogP contribution in [-0.4, -0.2) is 4.57 Å². The molecule has 0 saturated carbocycles. The van der Waals surface area contributed by atoms with Crippen LogP contribution in [0.15, 0.2) is 201 Å². The van der Waals surface area contributed by atoms with Gasteiger partial charge in [0.1, 0.15) is 0 Å². The Bertz CT molecular complexity index is 2790. The van der Waals surface area contributed by atoms with Gasteiger partial charge in [0.25, 0.3) is 0 Å². The number of para-hydroxylation sites is 1. The Hall–Kier alpha value is -6.70. The van der Waals surface area contributed by atoms with Gasteiger partial charge < -0.3 is 4.57 Å². The molecule has 0 N–H and O–H groups in total. The van der Waals surface area contributed by atoms with E-state index in [2.05, 4.69) is 199 Å². The molecule has 0 aliphatic heterocycles. The fourth-order valence-electron chi connectivity index (χ4n) is 8.45. The van der Waals surface area contributed by atoms with Gasteiger partial charge >= 0.3 is 0 Å². The molecular formula is C52H37N. The largest absolute Gasteiger partial charge is 0.309 e. The summed E-state index contributed by atoms with van der Waals surface area (Å²) in [5.41, 5.74) is 18.6. The monoisotopic (exact) mass is 675 g/mol. The zero-order valence-corrected chi connectivity index (χ0v) is 29.4. The first-order chi connectivity index (χ1) is 26.2. The Balaban J connectivity index is 1.00. The number of rotatable bonds is 6. The molecule has 53 heavy (non-hydrogen) atoms. The van der Waals surface area contributed by atoms with E-state index in [0.29, 0.717) is 0 Å². The Morgan fingerprint density at radius 3 is 1.68 bits per heavy atom. The van der Waals surface area contributed by atoms with Crippen LogP contribution >= 0.6 is 0 Å². The van der Waals surface area contributed by atoms with E-state index < -0.39 is 0 Å². The lowest BCUT2D eigenvalue weighted by atomic mass is 9.73. The lowest BCUT2D eigenvalue weighted by Gasteiger charge is -2.31. The van der Waals surface area contributed by atoms with Crippen LogP contribution in [0.2, 0.25) is 0 Å². The van der Waals surface area contributed by atoms with E-state index in [0.717, 1.165) is 12.1 Å². The molecule has 9 aromatic rings. The summed E-state index contributed by atoms with van der Waals surface area (Å²) in [6, 6.07) is 70.8. The second-order valence-corrected chi connectivity index (χ2v) is 14.2. The Labute approximate surface area is 310 Å². The van der Waals surface area contributed by atoms with E-state index in [-0.39, 0.29) is 5.92 Å². The van der Waals surface area contributed by atoms with Crippen molar-refractivity contribution in [1.29, 1.82) is 0 Å². The van der Waals surface area contributed by atoms with Gasteiger partial charge in [-0.25, -0.2) is 0 Å². The van der Waals surface area contributed by atoms with Crippen molar-refractivity contribution in [3.05, 3.63) is 217 Å². The summed E-state index contributed by atoms with van der Waals surface area (Å²) >= 11 is 0. The van der Waals surface area contributed by atoms with Crippen molar-refractivity contribution in [2.24, 2.45) is 0 Å². The van der Waals surface area contributed by atoms with E-state index in [9.17, 15) is 0 Å². The summed E-state index contributed by atoms with van der Waals surface area (Å²) in [5, 5.41) is 2.51. The summed E-state index contributed by atoms with van der Waals surface area (Å²) in [6.07, 6.45) is 0.918. The molecule has 1 aliphatic carbocycles. The molecule has 0 fully saturated rings. The van der Waals surface area contributed by atoms with Crippen molar-refractivity contribution < 1.29 is 0 Å². The second-order valence-electron chi connectivity index (χ2n) is 14.2. The maximum absolute atomic E-state index is 4.73. The smallest absolute Gasteiger partial charge is 0.0541 e. The van der Waals surface area contributed by atoms with Gasteiger partial charge in [-0.05, 0) is 110 Å². The number of hydrogen-bond acceptors (Lipinski definition) is 0. The molecule has 0 spiro atoms. The second kappa shape index (κ2) is 12.8. The van der Waals surface area contributed by atoms with Crippen molar-refractivity contribution in [2.75, 3.05) is 0 Å². The Morgan fingerprint density at radius 1 is 0.396 bits per heavy atom. The molecule has 1 heterocycles. The number of aromatic nitrogens is 1. The molecular weight excluding hydrogens is 639 g/mol. The molecule has 0 saturated heterocycles. The highest BCUT2D eigenvalue weighted by atomic mass is 15.0. The van der Waals surface area contributed by atoms with Crippen molar-refractivity contribution in [3.8, 4) is 50.2 Å². The quantitative estimate of drug-likeness (QED) is 0.165.